The highest BCUT2D eigenvalue weighted by Gasteiger charge is 2.23. The quantitative estimate of drug-likeness (QED) is 0.404. The number of carbonyl (C=O) groups is 2. The van der Waals surface area contributed by atoms with E-state index in [1.165, 1.54) is 24.3 Å². The van der Waals surface area contributed by atoms with Crippen LogP contribution in [0.15, 0.2) is 40.8 Å². The molecule has 1 N–H and O–H groups in total. The molecule has 0 aliphatic heterocycles. The second-order valence-electron chi connectivity index (χ2n) is 6.02. The summed E-state index contributed by atoms with van der Waals surface area (Å²) in [4.78, 5) is 34.8. The van der Waals surface area contributed by atoms with Crippen LogP contribution in [-0.4, -0.2) is 23.4 Å². The summed E-state index contributed by atoms with van der Waals surface area (Å²) in [5, 5.41) is 13.9. The van der Waals surface area contributed by atoms with Gasteiger partial charge in [-0.3, -0.25) is 14.9 Å². The number of furan rings is 1. The number of amides is 1. The van der Waals surface area contributed by atoms with Crippen LogP contribution in [0.2, 0.25) is 0 Å². The smallest absolute Gasteiger partial charge is 0.375 e. The van der Waals surface area contributed by atoms with E-state index in [1.807, 2.05) is 0 Å². The predicted octanol–water partition coefficient (Wildman–Crippen LogP) is 3.89. The van der Waals surface area contributed by atoms with Gasteiger partial charge in [0.05, 0.1) is 4.92 Å². The van der Waals surface area contributed by atoms with Crippen LogP contribution >= 0.6 is 0 Å². The van der Waals surface area contributed by atoms with E-state index in [4.69, 9.17) is 9.15 Å². The van der Waals surface area contributed by atoms with Crippen molar-refractivity contribution in [3.05, 3.63) is 69.2 Å². The molecule has 0 spiro atoms. The Morgan fingerprint density at radius 2 is 1.93 bits per heavy atom. The second-order valence-corrected chi connectivity index (χ2v) is 6.02. The van der Waals surface area contributed by atoms with Crippen LogP contribution in [0, 0.1) is 29.8 Å². The average Bonchev–Trinajstić information content (AvgIpc) is 2.99. The lowest BCUT2D eigenvalue weighted by atomic mass is 10.1. The zero-order chi connectivity index (χ0) is 20.4. The van der Waals surface area contributed by atoms with Gasteiger partial charge in [0.2, 0.25) is 5.76 Å². The van der Waals surface area contributed by atoms with Crippen molar-refractivity contribution in [2.24, 2.45) is 0 Å². The Labute approximate surface area is 158 Å². The molecule has 1 aromatic heterocycles. The summed E-state index contributed by atoms with van der Waals surface area (Å²) in [6, 6.07) is 8.62. The minimum atomic E-state index is -0.942. The van der Waals surface area contributed by atoms with Crippen LogP contribution in [-0.2, 0) is 9.53 Å². The third kappa shape index (κ3) is 3.54. The van der Waals surface area contributed by atoms with E-state index in [0.717, 1.165) is 0 Å². The number of halogens is 1. The van der Waals surface area contributed by atoms with Crippen LogP contribution in [0.4, 0.5) is 15.8 Å². The van der Waals surface area contributed by atoms with Gasteiger partial charge < -0.3 is 14.5 Å². The molecular formula is C19H15FN2O6. The summed E-state index contributed by atoms with van der Waals surface area (Å²) in [5.41, 5.74) is 0.540. The van der Waals surface area contributed by atoms with Crippen molar-refractivity contribution in [1.29, 1.82) is 0 Å². The number of nitrogens with one attached hydrogen (secondary N) is 1. The minimum Gasteiger partial charge on any atom is -0.450 e. The molecule has 0 aliphatic rings. The number of hydrogen-bond acceptors (Lipinski definition) is 6. The number of esters is 1. The lowest BCUT2D eigenvalue weighted by molar-refractivity contribution is -0.384. The largest absolute Gasteiger partial charge is 0.450 e. The molecule has 144 valence electrons. The van der Waals surface area contributed by atoms with Crippen molar-refractivity contribution in [3.8, 4) is 0 Å². The molecule has 0 saturated carbocycles. The van der Waals surface area contributed by atoms with E-state index in [2.05, 4.69) is 5.32 Å². The third-order valence-corrected chi connectivity index (χ3v) is 4.15. The first-order chi connectivity index (χ1) is 13.3. The van der Waals surface area contributed by atoms with Gasteiger partial charge >= 0.3 is 5.97 Å². The molecule has 0 bridgehead atoms. The zero-order valence-electron chi connectivity index (χ0n) is 14.9. The zero-order valence-corrected chi connectivity index (χ0v) is 14.9. The molecule has 0 aliphatic carbocycles. The lowest BCUT2D eigenvalue weighted by Gasteiger charge is -2.09. The molecule has 2 aromatic carbocycles. The Morgan fingerprint density at radius 1 is 1.21 bits per heavy atom. The first kappa shape index (κ1) is 19.0. The van der Waals surface area contributed by atoms with E-state index in [9.17, 15) is 24.1 Å². The molecule has 9 heteroatoms. The van der Waals surface area contributed by atoms with E-state index in [0.29, 0.717) is 16.5 Å². The highest BCUT2D eigenvalue weighted by atomic mass is 19.1. The number of nitro benzene ring substituents is 1. The molecule has 3 aromatic rings. The number of anilines is 1. The highest BCUT2D eigenvalue weighted by Crippen LogP contribution is 2.29. The van der Waals surface area contributed by atoms with Crippen LogP contribution in [0.1, 0.15) is 21.7 Å². The number of para-hydroxylation sites is 2. The first-order valence-electron chi connectivity index (χ1n) is 8.18. The highest BCUT2D eigenvalue weighted by molar-refractivity contribution is 5.99. The summed E-state index contributed by atoms with van der Waals surface area (Å²) in [6.45, 7) is 2.48. The average molecular weight is 386 g/mol. The Morgan fingerprint density at radius 3 is 2.61 bits per heavy atom. The molecule has 0 unspecified atom stereocenters. The molecule has 1 amide bonds. The topological polar surface area (TPSA) is 112 Å². The molecular weight excluding hydrogens is 371 g/mol. The van der Waals surface area contributed by atoms with Crippen molar-refractivity contribution >= 4 is 34.2 Å². The van der Waals surface area contributed by atoms with E-state index >= 15 is 0 Å². The third-order valence-electron chi connectivity index (χ3n) is 4.15. The summed E-state index contributed by atoms with van der Waals surface area (Å²) < 4.78 is 23.9. The van der Waals surface area contributed by atoms with Crippen LogP contribution < -0.4 is 5.32 Å². The van der Waals surface area contributed by atoms with Crippen LogP contribution in [0.25, 0.3) is 11.0 Å². The maximum Gasteiger partial charge on any atom is 0.375 e. The molecule has 28 heavy (non-hydrogen) atoms. The Bertz CT molecular complexity index is 1110. The molecule has 0 fully saturated rings. The van der Waals surface area contributed by atoms with E-state index in [1.54, 1.807) is 26.0 Å². The Balaban J connectivity index is 1.72. The van der Waals surface area contributed by atoms with Crippen molar-refractivity contribution in [1.82, 2.24) is 0 Å². The molecule has 1 heterocycles. The monoisotopic (exact) mass is 386 g/mol. The van der Waals surface area contributed by atoms with Gasteiger partial charge in [0, 0.05) is 17.0 Å². The summed E-state index contributed by atoms with van der Waals surface area (Å²) in [6.07, 6.45) is 0. The molecule has 0 atom stereocenters. The number of hydrogen-bond donors (Lipinski definition) is 1. The van der Waals surface area contributed by atoms with Gasteiger partial charge in [-0.15, -0.1) is 0 Å². The number of nitrogens with zero attached hydrogens (tertiary/aromatic N) is 1. The number of nitro groups is 1. The predicted molar refractivity (Wildman–Crippen MR) is 97.7 cm³/mol. The van der Waals surface area contributed by atoms with Crippen molar-refractivity contribution in [3.63, 3.8) is 0 Å². The van der Waals surface area contributed by atoms with Gasteiger partial charge in [-0.05, 0) is 25.5 Å². The maximum atomic E-state index is 13.8. The van der Waals surface area contributed by atoms with E-state index in [-0.39, 0.29) is 22.7 Å². The van der Waals surface area contributed by atoms with Gasteiger partial charge in [-0.2, -0.15) is 0 Å². The lowest BCUT2D eigenvalue weighted by Crippen LogP contribution is -2.22. The fourth-order valence-electron chi connectivity index (χ4n) is 2.74. The Hall–Kier alpha value is -3.75. The summed E-state index contributed by atoms with van der Waals surface area (Å²) >= 11 is 0. The van der Waals surface area contributed by atoms with Crippen molar-refractivity contribution < 1.29 is 28.1 Å². The Kier molecular flexibility index (Phi) is 5.08. The van der Waals surface area contributed by atoms with Gasteiger partial charge in [0.15, 0.2) is 18.0 Å². The van der Waals surface area contributed by atoms with Crippen molar-refractivity contribution in [2.75, 3.05) is 11.9 Å². The number of ether oxygens (including phenoxy) is 1. The molecule has 3 rings (SSSR count). The number of aryl methyl sites for hydroxylation is 2. The standard InChI is InChI=1S/C19H15FN2O6/c1-10-5-3-8-14(22(25)26)16(10)21-15(23)9-27-19(24)17-11(2)12-6-4-7-13(20)18(12)28-17/h3-8H,9H2,1-2H3,(H,21,23). The fraction of sp³-hybridized carbons (Fsp3) is 0.158. The molecule has 0 saturated heterocycles. The van der Waals surface area contributed by atoms with Gasteiger partial charge in [0.1, 0.15) is 5.69 Å². The van der Waals surface area contributed by atoms with Crippen molar-refractivity contribution in [2.45, 2.75) is 13.8 Å². The number of carbonyl (C=O) groups excluding carboxylic acids is 2. The summed E-state index contributed by atoms with van der Waals surface area (Å²) in [7, 11) is 0. The van der Waals surface area contributed by atoms with Crippen LogP contribution in [0.3, 0.4) is 0 Å². The SMILES string of the molecule is Cc1cccc([N+](=O)[O-])c1NC(=O)COC(=O)c1oc2c(F)cccc2c1C. The fourth-order valence-corrected chi connectivity index (χ4v) is 2.74. The molecule has 8 nitrogen and oxygen atoms in total. The van der Waals surface area contributed by atoms with Gasteiger partial charge in [-0.1, -0.05) is 24.3 Å². The number of fused-ring (bicyclic) bond motifs is 1. The number of benzene rings is 2. The molecule has 0 radical (unpaired) electrons. The second kappa shape index (κ2) is 7.47. The summed E-state index contributed by atoms with van der Waals surface area (Å²) in [5.74, 6) is -2.53. The van der Waals surface area contributed by atoms with Gasteiger partial charge in [-0.25, -0.2) is 9.18 Å². The normalized spacial score (nSPS) is 10.7. The van der Waals surface area contributed by atoms with E-state index < -0.39 is 29.2 Å². The van der Waals surface area contributed by atoms with Crippen LogP contribution in [0.5, 0.6) is 0 Å². The van der Waals surface area contributed by atoms with Gasteiger partial charge in [0.25, 0.3) is 11.6 Å². The first-order valence-corrected chi connectivity index (χ1v) is 8.18. The maximum absolute atomic E-state index is 13.8. The number of rotatable bonds is 5. The minimum absolute atomic E-state index is 0.0236.